The summed E-state index contributed by atoms with van der Waals surface area (Å²) in [5.74, 6) is -0.843. The zero-order valence-corrected chi connectivity index (χ0v) is 9.12. The zero-order chi connectivity index (χ0) is 12.8. The van der Waals surface area contributed by atoms with E-state index in [-0.39, 0.29) is 17.7 Å². The molecular weight excluding hydrogens is 226 g/mol. The Morgan fingerprint density at radius 3 is 2.88 bits per heavy atom. The molecule has 0 fully saturated rings. The van der Waals surface area contributed by atoms with Crippen molar-refractivity contribution in [2.75, 3.05) is 7.11 Å². The van der Waals surface area contributed by atoms with Crippen LogP contribution in [0.3, 0.4) is 0 Å². The van der Waals surface area contributed by atoms with Crippen molar-refractivity contribution in [2.24, 2.45) is 0 Å². The molecule has 0 bridgehead atoms. The van der Waals surface area contributed by atoms with Crippen molar-refractivity contribution >= 4 is 17.7 Å². The van der Waals surface area contributed by atoms with Gasteiger partial charge < -0.3 is 9.84 Å². The molecular formula is C11H11NO5. The average molecular weight is 237 g/mol. The number of carbonyl (C=O) groups is 1. The maximum Gasteiger partial charge on any atom is 0.311 e. The summed E-state index contributed by atoms with van der Waals surface area (Å²) >= 11 is 0. The number of hydrogen-bond acceptors (Lipinski definition) is 5. The van der Waals surface area contributed by atoms with Gasteiger partial charge in [0.1, 0.15) is 0 Å². The van der Waals surface area contributed by atoms with Crippen LogP contribution in [-0.4, -0.2) is 23.1 Å². The number of nitrogens with zero attached hydrogens (tertiary/aromatic N) is 1. The molecule has 1 aromatic rings. The molecule has 90 valence electrons. The number of nitro benzene ring substituents is 1. The summed E-state index contributed by atoms with van der Waals surface area (Å²) in [5, 5.41) is 20.1. The van der Waals surface area contributed by atoms with Gasteiger partial charge in [0.2, 0.25) is 5.75 Å². The van der Waals surface area contributed by atoms with E-state index >= 15 is 0 Å². The molecule has 0 saturated carbocycles. The van der Waals surface area contributed by atoms with Gasteiger partial charge in [-0.2, -0.15) is 0 Å². The first-order chi connectivity index (χ1) is 8.06. The van der Waals surface area contributed by atoms with Crippen molar-refractivity contribution in [1.29, 1.82) is 0 Å². The van der Waals surface area contributed by atoms with Crippen LogP contribution in [0.4, 0.5) is 5.69 Å². The van der Waals surface area contributed by atoms with Gasteiger partial charge in [0, 0.05) is 11.6 Å². The molecule has 6 nitrogen and oxygen atoms in total. The first-order valence-corrected chi connectivity index (χ1v) is 4.76. The number of ether oxygens (including phenoxy) is 1. The van der Waals surface area contributed by atoms with Gasteiger partial charge in [-0.1, -0.05) is 24.3 Å². The van der Waals surface area contributed by atoms with E-state index in [1.54, 1.807) is 0 Å². The van der Waals surface area contributed by atoms with Gasteiger partial charge in [0.05, 0.1) is 18.5 Å². The zero-order valence-electron chi connectivity index (χ0n) is 9.12. The highest BCUT2D eigenvalue weighted by Crippen LogP contribution is 2.30. The van der Waals surface area contributed by atoms with Gasteiger partial charge in [0.15, 0.2) is 0 Å². The van der Waals surface area contributed by atoms with Crippen LogP contribution in [0, 0.1) is 10.1 Å². The molecule has 0 unspecified atom stereocenters. The summed E-state index contributed by atoms with van der Waals surface area (Å²) in [6.45, 7) is 0. The Bertz CT molecular complexity index is 467. The predicted molar refractivity (Wildman–Crippen MR) is 60.4 cm³/mol. The molecule has 17 heavy (non-hydrogen) atoms. The van der Waals surface area contributed by atoms with Crippen LogP contribution < -0.4 is 0 Å². The van der Waals surface area contributed by atoms with Crippen LogP contribution in [0.1, 0.15) is 12.0 Å². The van der Waals surface area contributed by atoms with E-state index in [1.165, 1.54) is 37.5 Å². The lowest BCUT2D eigenvalue weighted by molar-refractivity contribution is -0.385. The Morgan fingerprint density at radius 2 is 2.29 bits per heavy atom. The summed E-state index contributed by atoms with van der Waals surface area (Å²) in [4.78, 5) is 20.7. The molecule has 0 aromatic heterocycles. The Hall–Kier alpha value is -2.37. The van der Waals surface area contributed by atoms with E-state index in [0.29, 0.717) is 0 Å². The number of aromatic hydroxyl groups is 1. The molecule has 0 aliphatic rings. The van der Waals surface area contributed by atoms with Crippen molar-refractivity contribution in [3.8, 4) is 5.75 Å². The molecule has 0 heterocycles. The number of methoxy groups -OCH3 is 1. The maximum absolute atomic E-state index is 10.8. The molecule has 0 saturated heterocycles. The molecule has 6 heteroatoms. The molecule has 0 aliphatic heterocycles. The SMILES string of the molecule is COC(=O)CC=Cc1cccc([N+](=O)[O-])c1O. The fourth-order valence-electron chi connectivity index (χ4n) is 1.20. The van der Waals surface area contributed by atoms with Crippen molar-refractivity contribution in [1.82, 2.24) is 0 Å². The number of hydrogen-bond donors (Lipinski definition) is 1. The fraction of sp³-hybridized carbons (Fsp3) is 0.182. The topological polar surface area (TPSA) is 89.7 Å². The first-order valence-electron chi connectivity index (χ1n) is 4.76. The van der Waals surface area contributed by atoms with Gasteiger partial charge in [-0.15, -0.1) is 0 Å². The lowest BCUT2D eigenvalue weighted by atomic mass is 10.1. The summed E-state index contributed by atoms with van der Waals surface area (Å²) < 4.78 is 4.42. The largest absolute Gasteiger partial charge is 0.502 e. The van der Waals surface area contributed by atoms with Crippen molar-refractivity contribution in [2.45, 2.75) is 6.42 Å². The lowest BCUT2D eigenvalue weighted by Crippen LogP contribution is -1.96. The van der Waals surface area contributed by atoms with Gasteiger partial charge in [-0.25, -0.2) is 0 Å². The Labute approximate surface area is 97.3 Å². The van der Waals surface area contributed by atoms with Crippen LogP contribution >= 0.6 is 0 Å². The summed E-state index contributed by atoms with van der Waals surface area (Å²) in [5.41, 5.74) is -0.0895. The molecule has 0 radical (unpaired) electrons. The summed E-state index contributed by atoms with van der Waals surface area (Å²) in [6.07, 6.45) is 2.93. The van der Waals surface area contributed by atoms with E-state index < -0.39 is 16.6 Å². The number of carbonyl (C=O) groups excluding carboxylic acids is 1. The van der Waals surface area contributed by atoms with Crippen molar-refractivity contribution in [3.63, 3.8) is 0 Å². The Kier molecular flexibility index (Phi) is 4.21. The van der Waals surface area contributed by atoms with Crippen LogP contribution in [0.25, 0.3) is 6.08 Å². The van der Waals surface area contributed by atoms with Crippen LogP contribution in [0.15, 0.2) is 24.3 Å². The fourth-order valence-corrected chi connectivity index (χ4v) is 1.20. The highest BCUT2D eigenvalue weighted by Gasteiger charge is 2.14. The number of esters is 1. The second-order valence-electron chi connectivity index (χ2n) is 3.15. The average Bonchev–Trinajstić information content (AvgIpc) is 2.30. The number of rotatable bonds is 4. The maximum atomic E-state index is 10.8. The second-order valence-corrected chi connectivity index (χ2v) is 3.15. The van der Waals surface area contributed by atoms with E-state index in [4.69, 9.17) is 0 Å². The standard InChI is InChI=1S/C11H11NO5/c1-17-10(13)7-3-5-8-4-2-6-9(11(8)14)12(15)16/h2-6,14H,7H2,1H3. The molecule has 0 aliphatic carbocycles. The van der Waals surface area contributed by atoms with Crippen molar-refractivity contribution in [3.05, 3.63) is 40.0 Å². The highest BCUT2D eigenvalue weighted by molar-refractivity contribution is 5.73. The molecule has 1 N–H and O–H groups in total. The predicted octanol–water partition coefficient (Wildman–Crippen LogP) is 1.88. The van der Waals surface area contributed by atoms with E-state index in [9.17, 15) is 20.0 Å². The first kappa shape index (κ1) is 12.7. The third kappa shape index (κ3) is 3.30. The quantitative estimate of drug-likeness (QED) is 0.490. The smallest absolute Gasteiger partial charge is 0.311 e. The minimum atomic E-state index is -0.674. The van der Waals surface area contributed by atoms with Gasteiger partial charge >= 0.3 is 11.7 Å². The number of phenolic OH excluding ortho intramolecular Hbond substituents is 1. The van der Waals surface area contributed by atoms with E-state index in [1.807, 2.05) is 0 Å². The second kappa shape index (κ2) is 5.64. The van der Waals surface area contributed by atoms with Gasteiger partial charge in [-0.3, -0.25) is 14.9 Å². The third-order valence-corrected chi connectivity index (χ3v) is 2.05. The minimum absolute atomic E-state index is 0.0403. The number of phenols is 1. The Morgan fingerprint density at radius 1 is 1.59 bits per heavy atom. The monoisotopic (exact) mass is 237 g/mol. The molecule has 0 spiro atoms. The van der Waals surface area contributed by atoms with Gasteiger partial charge in [0.25, 0.3) is 0 Å². The van der Waals surface area contributed by atoms with Crippen LogP contribution in [0.5, 0.6) is 5.75 Å². The molecule has 0 atom stereocenters. The van der Waals surface area contributed by atoms with Gasteiger partial charge in [-0.05, 0) is 0 Å². The third-order valence-electron chi connectivity index (χ3n) is 2.05. The summed E-state index contributed by atoms with van der Waals surface area (Å²) in [7, 11) is 1.26. The number of para-hydroxylation sites is 1. The van der Waals surface area contributed by atoms with E-state index in [0.717, 1.165) is 0 Å². The summed E-state index contributed by atoms with van der Waals surface area (Å²) in [6, 6.07) is 4.17. The normalized spacial score (nSPS) is 10.4. The van der Waals surface area contributed by atoms with Crippen molar-refractivity contribution < 1.29 is 19.6 Å². The molecule has 0 amide bonds. The highest BCUT2D eigenvalue weighted by atomic mass is 16.6. The Balaban J connectivity index is 2.89. The molecule has 1 rings (SSSR count). The van der Waals surface area contributed by atoms with Crippen LogP contribution in [0.2, 0.25) is 0 Å². The lowest BCUT2D eigenvalue weighted by Gasteiger charge is -1.99. The van der Waals surface area contributed by atoms with E-state index in [2.05, 4.69) is 4.74 Å². The number of nitro groups is 1. The molecule has 1 aromatic carbocycles. The number of benzene rings is 1. The minimum Gasteiger partial charge on any atom is -0.502 e. The van der Waals surface area contributed by atoms with Crippen LogP contribution in [-0.2, 0) is 9.53 Å².